The van der Waals surface area contributed by atoms with Crippen LogP contribution in [0.3, 0.4) is 0 Å². The molecule has 1 heterocycles. The monoisotopic (exact) mass is 406 g/mol. The van der Waals surface area contributed by atoms with Gasteiger partial charge in [0, 0.05) is 0 Å². The number of hydrogen-bond acceptors (Lipinski definition) is 6. The Bertz CT molecular complexity index is 736. The van der Waals surface area contributed by atoms with Gasteiger partial charge in [0.15, 0.2) is 6.17 Å². The highest BCUT2D eigenvalue weighted by molar-refractivity contribution is 5.27. The van der Waals surface area contributed by atoms with Crippen molar-refractivity contribution in [1.29, 1.82) is 0 Å². The number of benzene rings is 2. The third-order valence-electron chi connectivity index (χ3n) is 4.88. The first kappa shape index (κ1) is 21.5. The smallest absolute Gasteiger partial charge is 0.157 e. The SMILES string of the molecule is COc1ccc(COC[C@H]2OC(CO)[C@@H](F)[C@@H]2OCc2ccc(OC)cc2)cc1. The summed E-state index contributed by atoms with van der Waals surface area (Å²) in [5, 5.41) is 9.38. The predicted molar refractivity (Wildman–Crippen MR) is 105 cm³/mol. The van der Waals surface area contributed by atoms with Crippen LogP contribution in [-0.2, 0) is 27.4 Å². The van der Waals surface area contributed by atoms with Gasteiger partial charge in [-0.1, -0.05) is 24.3 Å². The van der Waals surface area contributed by atoms with E-state index in [2.05, 4.69) is 0 Å². The van der Waals surface area contributed by atoms with Gasteiger partial charge < -0.3 is 28.8 Å². The molecule has 29 heavy (non-hydrogen) atoms. The molecule has 0 aliphatic carbocycles. The summed E-state index contributed by atoms with van der Waals surface area (Å²) in [4.78, 5) is 0. The molecule has 0 aromatic heterocycles. The zero-order chi connectivity index (χ0) is 20.6. The number of halogens is 1. The second-order valence-electron chi connectivity index (χ2n) is 6.83. The molecule has 1 aliphatic rings. The Hall–Kier alpha value is -2.19. The average molecular weight is 406 g/mol. The fourth-order valence-electron chi connectivity index (χ4n) is 3.20. The fraction of sp³-hybridized carbons (Fsp3) is 0.455. The van der Waals surface area contributed by atoms with Gasteiger partial charge in [-0.3, -0.25) is 0 Å². The Morgan fingerprint density at radius 1 is 0.862 bits per heavy atom. The molecule has 4 atom stereocenters. The molecular formula is C22H27FO6. The Labute approximate surface area is 170 Å². The van der Waals surface area contributed by atoms with Gasteiger partial charge >= 0.3 is 0 Å². The van der Waals surface area contributed by atoms with E-state index in [0.717, 1.165) is 22.6 Å². The van der Waals surface area contributed by atoms with Crippen LogP contribution in [-0.4, -0.2) is 57.0 Å². The van der Waals surface area contributed by atoms with Crippen molar-refractivity contribution in [2.24, 2.45) is 0 Å². The highest BCUT2D eigenvalue weighted by Crippen LogP contribution is 2.28. The minimum absolute atomic E-state index is 0.163. The van der Waals surface area contributed by atoms with Crippen molar-refractivity contribution in [2.45, 2.75) is 37.7 Å². The van der Waals surface area contributed by atoms with Crippen molar-refractivity contribution in [2.75, 3.05) is 27.4 Å². The average Bonchev–Trinajstić information content (AvgIpc) is 3.07. The summed E-state index contributed by atoms with van der Waals surface area (Å²) in [5.74, 6) is 1.51. The van der Waals surface area contributed by atoms with E-state index in [-0.39, 0.29) is 13.2 Å². The molecular weight excluding hydrogens is 379 g/mol. The summed E-state index contributed by atoms with van der Waals surface area (Å²) in [7, 11) is 3.21. The number of aliphatic hydroxyl groups excluding tert-OH is 1. The maximum absolute atomic E-state index is 14.7. The van der Waals surface area contributed by atoms with E-state index in [1.165, 1.54) is 0 Å². The molecule has 2 aromatic carbocycles. The van der Waals surface area contributed by atoms with Crippen molar-refractivity contribution < 1.29 is 33.2 Å². The molecule has 1 unspecified atom stereocenters. The highest BCUT2D eigenvalue weighted by atomic mass is 19.1. The van der Waals surface area contributed by atoms with Crippen LogP contribution < -0.4 is 9.47 Å². The zero-order valence-electron chi connectivity index (χ0n) is 16.6. The van der Waals surface area contributed by atoms with Gasteiger partial charge in [-0.25, -0.2) is 4.39 Å². The molecule has 0 radical (unpaired) electrons. The lowest BCUT2D eigenvalue weighted by molar-refractivity contribution is -0.0775. The van der Waals surface area contributed by atoms with Crippen molar-refractivity contribution in [3.05, 3.63) is 59.7 Å². The second-order valence-corrected chi connectivity index (χ2v) is 6.83. The van der Waals surface area contributed by atoms with Crippen LogP contribution in [0.2, 0.25) is 0 Å². The van der Waals surface area contributed by atoms with Crippen LogP contribution in [0.5, 0.6) is 11.5 Å². The predicted octanol–water partition coefficient (Wildman–Crippen LogP) is 2.90. The molecule has 1 saturated heterocycles. The van der Waals surface area contributed by atoms with Gasteiger partial charge in [0.25, 0.3) is 0 Å². The molecule has 0 saturated carbocycles. The summed E-state index contributed by atoms with van der Waals surface area (Å²) in [6.07, 6.45) is -3.75. The third-order valence-corrected chi connectivity index (χ3v) is 4.88. The summed E-state index contributed by atoms with van der Waals surface area (Å²) >= 11 is 0. The van der Waals surface area contributed by atoms with Gasteiger partial charge in [-0.15, -0.1) is 0 Å². The van der Waals surface area contributed by atoms with Crippen LogP contribution in [0, 0.1) is 0 Å². The number of rotatable bonds is 10. The van der Waals surface area contributed by atoms with Gasteiger partial charge in [0.05, 0.1) is 40.6 Å². The lowest BCUT2D eigenvalue weighted by atomic mass is 10.1. The minimum atomic E-state index is -1.42. The quantitative estimate of drug-likeness (QED) is 0.655. The van der Waals surface area contributed by atoms with E-state index >= 15 is 0 Å². The van der Waals surface area contributed by atoms with Gasteiger partial charge in [0.2, 0.25) is 0 Å². The van der Waals surface area contributed by atoms with E-state index < -0.39 is 31.1 Å². The molecule has 1 aliphatic heterocycles. The topological polar surface area (TPSA) is 66.4 Å². The molecule has 0 amide bonds. The standard InChI is InChI=1S/C22H27FO6/c1-25-17-7-3-15(4-8-17)12-27-14-20-22(21(23)19(11-24)29-20)28-13-16-5-9-18(26-2)10-6-16/h3-10,19-22,24H,11-14H2,1-2H3/t19?,20-,21-,22-/m1/s1. The number of aliphatic hydroxyl groups is 1. The Morgan fingerprint density at radius 3 is 1.93 bits per heavy atom. The molecule has 7 heteroatoms. The van der Waals surface area contributed by atoms with Crippen molar-refractivity contribution in [3.8, 4) is 11.5 Å². The summed E-state index contributed by atoms with van der Waals surface area (Å²) < 4.78 is 42.1. The van der Waals surface area contributed by atoms with Crippen molar-refractivity contribution in [1.82, 2.24) is 0 Å². The Morgan fingerprint density at radius 2 is 1.41 bits per heavy atom. The first-order valence-electron chi connectivity index (χ1n) is 9.50. The molecule has 6 nitrogen and oxygen atoms in total. The molecule has 1 fully saturated rings. The van der Waals surface area contributed by atoms with Gasteiger partial charge in [0.1, 0.15) is 29.8 Å². The van der Waals surface area contributed by atoms with Crippen LogP contribution in [0.25, 0.3) is 0 Å². The maximum atomic E-state index is 14.7. The largest absolute Gasteiger partial charge is 0.497 e. The molecule has 0 spiro atoms. The third kappa shape index (κ3) is 5.67. The number of ether oxygens (including phenoxy) is 5. The summed E-state index contributed by atoms with van der Waals surface area (Å²) in [5.41, 5.74) is 1.86. The normalized spacial score (nSPS) is 23.9. The Kier molecular flexibility index (Phi) is 7.83. The Balaban J connectivity index is 1.54. The lowest BCUT2D eigenvalue weighted by Crippen LogP contribution is -2.35. The fourth-order valence-corrected chi connectivity index (χ4v) is 3.20. The lowest BCUT2D eigenvalue weighted by Gasteiger charge is -2.20. The van der Waals surface area contributed by atoms with Crippen LogP contribution in [0.4, 0.5) is 4.39 Å². The van der Waals surface area contributed by atoms with E-state index in [1.807, 2.05) is 48.5 Å². The minimum Gasteiger partial charge on any atom is -0.497 e. The van der Waals surface area contributed by atoms with E-state index in [9.17, 15) is 9.50 Å². The van der Waals surface area contributed by atoms with Crippen LogP contribution >= 0.6 is 0 Å². The van der Waals surface area contributed by atoms with E-state index in [0.29, 0.717) is 6.61 Å². The van der Waals surface area contributed by atoms with Gasteiger partial charge in [-0.05, 0) is 35.4 Å². The van der Waals surface area contributed by atoms with Crippen LogP contribution in [0.15, 0.2) is 48.5 Å². The number of methoxy groups -OCH3 is 2. The van der Waals surface area contributed by atoms with Crippen LogP contribution in [0.1, 0.15) is 11.1 Å². The summed E-state index contributed by atoms with van der Waals surface area (Å²) in [6, 6.07) is 14.9. The van der Waals surface area contributed by atoms with Crippen molar-refractivity contribution >= 4 is 0 Å². The number of hydrogen-bond donors (Lipinski definition) is 1. The number of alkyl halides is 1. The maximum Gasteiger partial charge on any atom is 0.157 e. The first-order chi connectivity index (χ1) is 14.1. The van der Waals surface area contributed by atoms with E-state index in [4.69, 9.17) is 23.7 Å². The first-order valence-corrected chi connectivity index (χ1v) is 9.50. The highest BCUT2D eigenvalue weighted by Gasteiger charge is 2.45. The zero-order valence-corrected chi connectivity index (χ0v) is 16.6. The second kappa shape index (κ2) is 10.5. The van der Waals surface area contributed by atoms with Gasteiger partial charge in [-0.2, -0.15) is 0 Å². The molecule has 158 valence electrons. The molecule has 0 bridgehead atoms. The molecule has 2 aromatic rings. The summed E-state index contributed by atoms with van der Waals surface area (Å²) in [6.45, 7) is 0.343. The van der Waals surface area contributed by atoms with Crippen molar-refractivity contribution in [3.63, 3.8) is 0 Å². The molecule has 1 N–H and O–H groups in total. The van der Waals surface area contributed by atoms with E-state index in [1.54, 1.807) is 14.2 Å². The molecule has 3 rings (SSSR count).